The maximum Gasteiger partial charge on any atom is 0.471 e. The fraction of sp³-hybridized carbons (Fsp3) is 0.129. The van der Waals surface area contributed by atoms with Gasteiger partial charge in [0.2, 0.25) is 5.91 Å². The largest absolute Gasteiger partial charge is 0.471 e. The molecule has 13 heteroatoms. The van der Waals surface area contributed by atoms with Crippen molar-refractivity contribution in [2.75, 3.05) is 5.32 Å². The Balaban J connectivity index is 1.45. The summed E-state index contributed by atoms with van der Waals surface area (Å²) >= 11 is 6.35. The monoisotopic (exact) mass is 633 g/mol. The zero-order valence-electron chi connectivity index (χ0n) is 22.4. The van der Waals surface area contributed by atoms with Crippen LogP contribution < -0.4 is 16.0 Å². The summed E-state index contributed by atoms with van der Waals surface area (Å²) in [4.78, 5) is 37.5. The molecule has 0 unspecified atom stereocenters. The average molecular weight is 634 g/mol. The second kappa shape index (κ2) is 13.2. The first-order valence-electron chi connectivity index (χ1n) is 12.8. The highest BCUT2D eigenvalue weighted by Gasteiger charge is 2.41. The van der Waals surface area contributed by atoms with Crippen molar-refractivity contribution in [3.8, 4) is 11.1 Å². The molecule has 4 rings (SSSR count). The van der Waals surface area contributed by atoms with E-state index in [9.17, 15) is 40.7 Å². The maximum atomic E-state index is 13.1. The molecular weight excluding hydrogens is 612 g/mol. The number of hydrogen-bond donors (Lipinski definition) is 3. The number of carbonyl (C=O) groups excluding carboxylic acids is 3. The molecule has 0 aromatic heterocycles. The molecule has 0 saturated carbocycles. The van der Waals surface area contributed by atoms with Crippen molar-refractivity contribution in [2.45, 2.75) is 24.9 Å². The summed E-state index contributed by atoms with van der Waals surface area (Å²) < 4.78 is 77.5. The number of amides is 3. The topological polar surface area (TPSA) is 87.3 Å². The summed E-state index contributed by atoms with van der Waals surface area (Å²) in [7, 11) is 0. The first-order chi connectivity index (χ1) is 20.7. The lowest BCUT2D eigenvalue weighted by Gasteiger charge is -2.20. The summed E-state index contributed by atoms with van der Waals surface area (Å²) in [6, 6.07) is 20.8. The number of hydrogen-bond acceptors (Lipinski definition) is 3. The van der Waals surface area contributed by atoms with E-state index in [1.54, 1.807) is 29.6 Å². The molecule has 0 spiro atoms. The molecule has 0 saturated heterocycles. The van der Waals surface area contributed by atoms with Crippen molar-refractivity contribution < 1.29 is 40.7 Å². The molecule has 1 atom stereocenters. The maximum absolute atomic E-state index is 13.1. The molecule has 0 aliphatic heterocycles. The lowest BCUT2D eigenvalue weighted by molar-refractivity contribution is -0.174. The van der Waals surface area contributed by atoms with Crippen LogP contribution in [0.2, 0.25) is 5.02 Å². The average Bonchev–Trinajstić information content (AvgIpc) is 2.99. The Morgan fingerprint density at radius 2 is 1.41 bits per heavy atom. The SMILES string of the molecule is O=C(Nc1ccc(CNC(=O)[C@@H](NC(=O)C(F)(F)F)c2ccccc2)cc1Cl)c1ccccc1-c1ccc(C(F)(F)F)cc1. The predicted molar refractivity (Wildman–Crippen MR) is 152 cm³/mol. The third kappa shape index (κ3) is 7.95. The van der Waals surface area contributed by atoms with E-state index >= 15 is 0 Å². The van der Waals surface area contributed by atoms with Gasteiger partial charge in [0.1, 0.15) is 6.04 Å². The van der Waals surface area contributed by atoms with E-state index in [0.717, 1.165) is 12.1 Å². The first kappa shape index (κ1) is 32.1. The Hall–Kier alpha value is -4.84. The van der Waals surface area contributed by atoms with Gasteiger partial charge in [-0.2, -0.15) is 26.3 Å². The van der Waals surface area contributed by atoms with Crippen molar-refractivity contribution in [3.05, 3.63) is 124 Å². The summed E-state index contributed by atoms with van der Waals surface area (Å²) in [6.07, 6.45) is -9.70. The van der Waals surface area contributed by atoms with Crippen LogP contribution in [-0.4, -0.2) is 23.9 Å². The summed E-state index contributed by atoms with van der Waals surface area (Å²) in [5, 5.41) is 6.88. The van der Waals surface area contributed by atoms with E-state index in [2.05, 4.69) is 10.6 Å². The molecule has 0 heterocycles. The lowest BCUT2D eigenvalue weighted by Crippen LogP contribution is -2.45. The van der Waals surface area contributed by atoms with E-state index in [1.807, 2.05) is 0 Å². The predicted octanol–water partition coefficient (Wildman–Crippen LogP) is 7.31. The zero-order chi connectivity index (χ0) is 32.1. The molecule has 228 valence electrons. The van der Waals surface area contributed by atoms with Crippen LogP contribution in [0.5, 0.6) is 0 Å². The van der Waals surface area contributed by atoms with Crippen LogP contribution in [0.25, 0.3) is 11.1 Å². The Kier molecular flexibility index (Phi) is 9.63. The summed E-state index contributed by atoms with van der Waals surface area (Å²) in [5.74, 6) is -3.76. The number of carbonyl (C=O) groups is 3. The van der Waals surface area contributed by atoms with Gasteiger partial charge in [-0.05, 0) is 52.6 Å². The molecule has 3 N–H and O–H groups in total. The molecule has 0 aliphatic rings. The molecule has 6 nitrogen and oxygen atoms in total. The number of alkyl halides is 6. The second-order valence-corrected chi connectivity index (χ2v) is 9.83. The van der Waals surface area contributed by atoms with Crippen LogP contribution in [0.15, 0.2) is 97.1 Å². The minimum Gasteiger partial charge on any atom is -0.350 e. The van der Waals surface area contributed by atoms with Gasteiger partial charge in [0.05, 0.1) is 16.3 Å². The van der Waals surface area contributed by atoms with Gasteiger partial charge in [-0.25, -0.2) is 0 Å². The first-order valence-corrected chi connectivity index (χ1v) is 13.2. The van der Waals surface area contributed by atoms with E-state index in [0.29, 0.717) is 16.7 Å². The quantitative estimate of drug-likeness (QED) is 0.178. The minimum atomic E-state index is -5.20. The number of anilines is 1. The molecule has 4 aromatic carbocycles. The molecule has 4 aromatic rings. The van der Waals surface area contributed by atoms with Crippen molar-refractivity contribution in [2.24, 2.45) is 0 Å². The standard InChI is InChI=1S/C31H22ClF6N3O3/c32-24-16-18(17-39-28(43)26(20-6-2-1-3-7-20)41-29(44)31(36,37)38)10-15-25(24)40-27(42)23-9-5-4-8-22(23)19-11-13-21(14-12-19)30(33,34)35/h1-16,26H,17H2,(H,39,43)(H,40,42)(H,41,44)/t26-/m0/s1. The van der Waals surface area contributed by atoms with Crippen LogP contribution in [-0.2, 0) is 22.3 Å². The van der Waals surface area contributed by atoms with Gasteiger partial charge in [-0.3, -0.25) is 14.4 Å². The number of nitrogens with one attached hydrogen (secondary N) is 3. The van der Waals surface area contributed by atoms with Crippen molar-refractivity contribution >= 4 is 35.0 Å². The van der Waals surface area contributed by atoms with Crippen LogP contribution >= 0.6 is 11.6 Å². The van der Waals surface area contributed by atoms with Crippen molar-refractivity contribution in [3.63, 3.8) is 0 Å². The van der Waals surface area contributed by atoms with Gasteiger partial charge in [-0.15, -0.1) is 0 Å². The van der Waals surface area contributed by atoms with Crippen molar-refractivity contribution in [1.82, 2.24) is 10.6 Å². The van der Waals surface area contributed by atoms with Crippen LogP contribution in [0.1, 0.15) is 33.1 Å². The Morgan fingerprint density at radius 1 is 0.773 bits per heavy atom. The van der Waals surface area contributed by atoms with Crippen LogP contribution in [0.3, 0.4) is 0 Å². The lowest BCUT2D eigenvalue weighted by atomic mass is 9.98. The van der Waals surface area contributed by atoms with E-state index in [-0.39, 0.29) is 28.4 Å². The van der Waals surface area contributed by atoms with Gasteiger partial charge in [-0.1, -0.05) is 78.3 Å². The number of benzene rings is 4. The molecule has 0 fully saturated rings. The van der Waals surface area contributed by atoms with Gasteiger partial charge in [0, 0.05) is 12.1 Å². The Labute approximate surface area is 252 Å². The smallest absolute Gasteiger partial charge is 0.350 e. The van der Waals surface area contributed by atoms with Gasteiger partial charge < -0.3 is 16.0 Å². The van der Waals surface area contributed by atoms with Crippen LogP contribution in [0, 0.1) is 0 Å². The molecule has 3 amide bonds. The molecule has 0 bridgehead atoms. The highest BCUT2D eigenvalue weighted by atomic mass is 35.5. The zero-order valence-corrected chi connectivity index (χ0v) is 23.1. The molecule has 44 heavy (non-hydrogen) atoms. The normalized spacial score (nSPS) is 12.2. The Bertz CT molecular complexity index is 1660. The van der Waals surface area contributed by atoms with E-state index in [1.165, 1.54) is 60.7 Å². The summed E-state index contributed by atoms with van der Waals surface area (Å²) in [6.45, 7) is -0.172. The Morgan fingerprint density at radius 3 is 2.02 bits per heavy atom. The fourth-order valence-corrected chi connectivity index (χ4v) is 4.43. The number of halogens is 7. The van der Waals surface area contributed by atoms with Crippen LogP contribution in [0.4, 0.5) is 32.0 Å². The number of rotatable bonds is 8. The fourth-order valence-electron chi connectivity index (χ4n) is 4.18. The highest BCUT2D eigenvalue weighted by Crippen LogP contribution is 2.32. The summed E-state index contributed by atoms with van der Waals surface area (Å²) in [5.41, 5.74) is 0.880. The molecule has 0 radical (unpaired) electrons. The van der Waals surface area contributed by atoms with Gasteiger partial charge in [0.15, 0.2) is 0 Å². The van der Waals surface area contributed by atoms with Crippen molar-refractivity contribution in [1.29, 1.82) is 0 Å². The molecule has 0 aliphatic carbocycles. The third-order valence-electron chi connectivity index (χ3n) is 6.37. The second-order valence-electron chi connectivity index (χ2n) is 9.42. The molecular formula is C31H22ClF6N3O3. The van der Waals surface area contributed by atoms with Gasteiger partial charge in [0.25, 0.3) is 5.91 Å². The minimum absolute atomic E-state index is 0.0714. The van der Waals surface area contributed by atoms with E-state index in [4.69, 9.17) is 11.6 Å². The highest BCUT2D eigenvalue weighted by molar-refractivity contribution is 6.34. The van der Waals surface area contributed by atoms with E-state index < -0.39 is 41.7 Å². The third-order valence-corrected chi connectivity index (χ3v) is 6.68. The van der Waals surface area contributed by atoms with Gasteiger partial charge >= 0.3 is 18.3 Å².